The zero-order valence-electron chi connectivity index (χ0n) is 17.2. The van der Waals surface area contributed by atoms with Gasteiger partial charge in [0.15, 0.2) is 5.96 Å². The maximum absolute atomic E-state index is 5.51. The van der Waals surface area contributed by atoms with E-state index in [4.69, 9.17) is 19.2 Å². The zero-order valence-corrected chi connectivity index (χ0v) is 17.2. The Morgan fingerprint density at radius 2 is 1.89 bits per heavy atom. The Morgan fingerprint density at radius 1 is 1.11 bits per heavy atom. The Labute approximate surface area is 163 Å². The van der Waals surface area contributed by atoms with Crippen molar-refractivity contribution in [3.63, 3.8) is 0 Å². The Hall–Kier alpha value is -1.99. The molecule has 0 unspecified atom stereocenters. The van der Waals surface area contributed by atoms with Crippen molar-refractivity contribution in [3.05, 3.63) is 23.8 Å². The lowest BCUT2D eigenvalue weighted by molar-refractivity contribution is 0.170. The number of piperazine rings is 1. The van der Waals surface area contributed by atoms with Gasteiger partial charge in [-0.2, -0.15) is 0 Å². The van der Waals surface area contributed by atoms with Crippen LogP contribution in [0.25, 0.3) is 0 Å². The molecule has 1 fully saturated rings. The molecule has 0 aromatic heterocycles. The van der Waals surface area contributed by atoms with Crippen LogP contribution in [0.15, 0.2) is 23.2 Å². The van der Waals surface area contributed by atoms with Crippen LogP contribution in [0.1, 0.15) is 18.9 Å². The van der Waals surface area contributed by atoms with Crippen molar-refractivity contribution in [2.45, 2.75) is 19.9 Å². The molecule has 1 aliphatic heterocycles. The van der Waals surface area contributed by atoms with Crippen LogP contribution in [-0.2, 0) is 11.3 Å². The number of rotatable bonds is 9. The Morgan fingerprint density at radius 3 is 2.52 bits per heavy atom. The highest BCUT2D eigenvalue weighted by molar-refractivity contribution is 5.80. The third-order valence-electron chi connectivity index (χ3n) is 4.66. The first-order chi connectivity index (χ1) is 13.2. The summed E-state index contributed by atoms with van der Waals surface area (Å²) in [6, 6.07) is 5.97. The van der Waals surface area contributed by atoms with Crippen molar-refractivity contribution in [1.29, 1.82) is 0 Å². The summed E-state index contributed by atoms with van der Waals surface area (Å²) in [5.41, 5.74) is 1.16. The van der Waals surface area contributed by atoms with Crippen LogP contribution in [0.3, 0.4) is 0 Å². The molecule has 0 spiro atoms. The van der Waals surface area contributed by atoms with Gasteiger partial charge in [-0.1, -0.05) is 0 Å². The number of nitrogens with zero attached hydrogens (tertiary/aromatic N) is 3. The Bertz CT molecular complexity index is 587. The summed E-state index contributed by atoms with van der Waals surface area (Å²) in [5, 5.41) is 3.41. The lowest BCUT2D eigenvalue weighted by Gasteiger charge is -2.36. The molecule has 2 rings (SSSR count). The number of aliphatic imine (C=N–C) groups is 1. The largest absolute Gasteiger partial charge is 0.497 e. The van der Waals surface area contributed by atoms with Crippen molar-refractivity contribution in [2.75, 3.05) is 67.2 Å². The standard InChI is InChI=1S/C20H34N4O3/c1-5-21-20(22-9-6-14-25-2)24-12-10-23(11-13-24)16-17-15-18(26-3)7-8-19(17)27-4/h7-8,15H,5-6,9-14,16H2,1-4H3,(H,21,22). The highest BCUT2D eigenvalue weighted by Gasteiger charge is 2.20. The average Bonchev–Trinajstić information content (AvgIpc) is 2.71. The first-order valence-electron chi connectivity index (χ1n) is 9.67. The lowest BCUT2D eigenvalue weighted by atomic mass is 10.1. The SMILES string of the molecule is CCNC(=NCCCOC)N1CCN(Cc2cc(OC)ccc2OC)CC1. The molecule has 152 valence electrons. The van der Waals surface area contributed by atoms with Gasteiger partial charge in [0, 0.05) is 65.1 Å². The minimum Gasteiger partial charge on any atom is -0.497 e. The van der Waals surface area contributed by atoms with Crippen molar-refractivity contribution in [2.24, 2.45) is 4.99 Å². The van der Waals surface area contributed by atoms with E-state index in [2.05, 4.69) is 28.1 Å². The molecule has 0 saturated carbocycles. The number of methoxy groups -OCH3 is 3. The summed E-state index contributed by atoms with van der Waals surface area (Å²) in [6.45, 7) is 9.28. The number of benzene rings is 1. The molecule has 0 radical (unpaired) electrons. The van der Waals surface area contributed by atoms with Crippen LogP contribution >= 0.6 is 0 Å². The Balaban J connectivity index is 1.92. The number of guanidine groups is 1. The normalized spacial score (nSPS) is 15.7. The fraction of sp³-hybridized carbons (Fsp3) is 0.650. The molecular weight excluding hydrogens is 344 g/mol. The minimum absolute atomic E-state index is 0.749. The third kappa shape index (κ3) is 6.59. The van der Waals surface area contributed by atoms with E-state index < -0.39 is 0 Å². The first-order valence-corrected chi connectivity index (χ1v) is 9.67. The second-order valence-corrected chi connectivity index (χ2v) is 6.52. The molecule has 0 aliphatic carbocycles. The maximum Gasteiger partial charge on any atom is 0.194 e. The summed E-state index contributed by atoms with van der Waals surface area (Å²) >= 11 is 0. The van der Waals surface area contributed by atoms with Crippen LogP contribution in [0.5, 0.6) is 11.5 Å². The number of hydrogen-bond acceptors (Lipinski definition) is 5. The van der Waals surface area contributed by atoms with Gasteiger partial charge in [0.05, 0.1) is 14.2 Å². The maximum atomic E-state index is 5.51. The van der Waals surface area contributed by atoms with Gasteiger partial charge in [-0.3, -0.25) is 9.89 Å². The van der Waals surface area contributed by atoms with E-state index in [-0.39, 0.29) is 0 Å². The fourth-order valence-electron chi connectivity index (χ4n) is 3.18. The van der Waals surface area contributed by atoms with E-state index in [1.165, 1.54) is 0 Å². The second-order valence-electron chi connectivity index (χ2n) is 6.52. The molecule has 7 nitrogen and oxygen atoms in total. The molecule has 7 heteroatoms. The highest BCUT2D eigenvalue weighted by atomic mass is 16.5. The molecule has 0 amide bonds. The van der Waals surface area contributed by atoms with Crippen molar-refractivity contribution < 1.29 is 14.2 Å². The first kappa shape index (κ1) is 21.3. The van der Waals surface area contributed by atoms with Crippen molar-refractivity contribution in [3.8, 4) is 11.5 Å². The topological polar surface area (TPSA) is 58.6 Å². The zero-order chi connectivity index (χ0) is 19.5. The monoisotopic (exact) mass is 378 g/mol. The van der Waals surface area contributed by atoms with Gasteiger partial charge >= 0.3 is 0 Å². The third-order valence-corrected chi connectivity index (χ3v) is 4.66. The average molecular weight is 379 g/mol. The van der Waals surface area contributed by atoms with E-state index in [9.17, 15) is 0 Å². The van der Waals surface area contributed by atoms with E-state index in [0.29, 0.717) is 0 Å². The minimum atomic E-state index is 0.749. The van der Waals surface area contributed by atoms with Crippen LogP contribution < -0.4 is 14.8 Å². The molecular formula is C20H34N4O3. The molecule has 1 aliphatic rings. The number of nitrogens with one attached hydrogen (secondary N) is 1. The van der Waals surface area contributed by atoms with Gasteiger partial charge in [0.25, 0.3) is 0 Å². The highest BCUT2D eigenvalue weighted by Crippen LogP contribution is 2.25. The Kier molecular flexibility index (Phi) is 9.21. The van der Waals surface area contributed by atoms with Crippen molar-refractivity contribution >= 4 is 5.96 Å². The molecule has 0 atom stereocenters. The van der Waals surface area contributed by atoms with Gasteiger partial charge in [0.2, 0.25) is 0 Å². The molecule has 1 saturated heterocycles. The van der Waals surface area contributed by atoms with Crippen LogP contribution in [0, 0.1) is 0 Å². The quantitative estimate of drug-likeness (QED) is 0.402. The summed E-state index contributed by atoms with van der Waals surface area (Å²) in [6.07, 6.45) is 0.945. The molecule has 1 aromatic rings. The number of hydrogen-bond donors (Lipinski definition) is 1. The fourth-order valence-corrected chi connectivity index (χ4v) is 3.18. The summed E-state index contributed by atoms with van der Waals surface area (Å²) in [7, 11) is 5.13. The van der Waals surface area contributed by atoms with Gasteiger partial charge in [-0.15, -0.1) is 0 Å². The van der Waals surface area contributed by atoms with Gasteiger partial charge in [0.1, 0.15) is 11.5 Å². The summed E-state index contributed by atoms with van der Waals surface area (Å²) in [5.74, 6) is 2.78. The van der Waals surface area contributed by atoms with E-state index in [1.54, 1.807) is 21.3 Å². The van der Waals surface area contributed by atoms with Crippen LogP contribution in [-0.4, -0.2) is 83.0 Å². The van der Waals surface area contributed by atoms with Crippen molar-refractivity contribution in [1.82, 2.24) is 15.1 Å². The van der Waals surface area contributed by atoms with E-state index >= 15 is 0 Å². The lowest BCUT2D eigenvalue weighted by Crippen LogP contribution is -2.52. The predicted molar refractivity (Wildman–Crippen MR) is 109 cm³/mol. The smallest absolute Gasteiger partial charge is 0.194 e. The molecule has 0 bridgehead atoms. The van der Waals surface area contributed by atoms with Crippen LogP contribution in [0.4, 0.5) is 0 Å². The van der Waals surface area contributed by atoms with Gasteiger partial charge < -0.3 is 24.4 Å². The van der Waals surface area contributed by atoms with Crippen LogP contribution in [0.2, 0.25) is 0 Å². The number of ether oxygens (including phenoxy) is 3. The van der Waals surface area contributed by atoms with E-state index in [0.717, 1.165) is 81.9 Å². The second kappa shape index (κ2) is 11.7. The molecule has 1 aromatic carbocycles. The van der Waals surface area contributed by atoms with Gasteiger partial charge in [-0.25, -0.2) is 0 Å². The molecule has 1 N–H and O–H groups in total. The molecule has 1 heterocycles. The van der Waals surface area contributed by atoms with E-state index in [1.807, 2.05) is 12.1 Å². The van der Waals surface area contributed by atoms with Gasteiger partial charge in [-0.05, 0) is 31.5 Å². The summed E-state index contributed by atoms with van der Waals surface area (Å²) < 4.78 is 16.0. The predicted octanol–water partition coefficient (Wildman–Crippen LogP) is 1.82. The molecule has 27 heavy (non-hydrogen) atoms. The summed E-state index contributed by atoms with van der Waals surface area (Å²) in [4.78, 5) is 9.52.